The first kappa shape index (κ1) is 13.5. The van der Waals surface area contributed by atoms with Crippen molar-refractivity contribution in [3.8, 4) is 0 Å². The molecule has 1 aromatic rings. The molecular weight excluding hydrogens is 196 g/mol. The third kappa shape index (κ3) is 4.12. The standard InChI is InChI=1S/C10H13Cl.C2H6O/c1-7-5-4-6-10(8(7)2)9(3)11;1-2-3/h4-6,9H,1-3H3;3H,2H2,1H3. The fourth-order valence-electron chi connectivity index (χ4n) is 1.20. The molecule has 1 aromatic carbocycles. The Morgan fingerprint density at radius 3 is 2.21 bits per heavy atom. The Balaban J connectivity index is 0.000000500. The SMILES string of the molecule is CCO.Cc1cccc(C(C)Cl)c1C. The highest BCUT2D eigenvalue weighted by Crippen LogP contribution is 2.24. The molecule has 14 heavy (non-hydrogen) atoms. The molecule has 1 nitrogen and oxygen atoms in total. The summed E-state index contributed by atoms with van der Waals surface area (Å²) in [5.74, 6) is 0. The summed E-state index contributed by atoms with van der Waals surface area (Å²) in [5, 5.41) is 7.69. The lowest BCUT2D eigenvalue weighted by molar-refractivity contribution is 0.318. The van der Waals surface area contributed by atoms with Crippen LogP contribution in [0.1, 0.15) is 35.9 Å². The van der Waals surface area contributed by atoms with Crippen molar-refractivity contribution in [2.45, 2.75) is 33.1 Å². The molecule has 1 rings (SSSR count). The molecule has 1 N–H and O–H groups in total. The van der Waals surface area contributed by atoms with E-state index in [1.54, 1.807) is 6.92 Å². The maximum absolute atomic E-state index is 7.57. The molecular formula is C12H19ClO. The molecule has 2 heteroatoms. The van der Waals surface area contributed by atoms with Gasteiger partial charge in [0.1, 0.15) is 0 Å². The van der Waals surface area contributed by atoms with Crippen LogP contribution in [0.2, 0.25) is 0 Å². The van der Waals surface area contributed by atoms with Crippen LogP contribution < -0.4 is 0 Å². The second-order valence-electron chi connectivity index (χ2n) is 3.22. The maximum Gasteiger partial charge on any atom is 0.0559 e. The van der Waals surface area contributed by atoms with Crippen LogP contribution >= 0.6 is 11.6 Å². The molecule has 1 atom stereocenters. The first-order valence-electron chi connectivity index (χ1n) is 4.85. The summed E-state index contributed by atoms with van der Waals surface area (Å²) in [6, 6.07) is 6.24. The van der Waals surface area contributed by atoms with Crippen LogP contribution in [0.5, 0.6) is 0 Å². The lowest BCUT2D eigenvalue weighted by Gasteiger charge is -2.09. The summed E-state index contributed by atoms with van der Waals surface area (Å²) < 4.78 is 0. The summed E-state index contributed by atoms with van der Waals surface area (Å²) in [7, 11) is 0. The Hall–Kier alpha value is -0.530. The molecule has 1 unspecified atom stereocenters. The zero-order valence-electron chi connectivity index (χ0n) is 9.34. The lowest BCUT2D eigenvalue weighted by atomic mass is 10.0. The summed E-state index contributed by atoms with van der Waals surface area (Å²) in [4.78, 5) is 0. The number of aliphatic hydroxyl groups is 1. The normalized spacial score (nSPS) is 11.6. The number of hydrogen-bond donors (Lipinski definition) is 1. The average Bonchev–Trinajstić information content (AvgIpc) is 2.10. The van der Waals surface area contributed by atoms with Crippen LogP contribution in [0.25, 0.3) is 0 Å². The fourth-order valence-corrected chi connectivity index (χ4v) is 1.44. The predicted molar refractivity (Wildman–Crippen MR) is 62.9 cm³/mol. The minimum atomic E-state index is 0.120. The zero-order valence-corrected chi connectivity index (χ0v) is 10.1. The van der Waals surface area contributed by atoms with Crippen molar-refractivity contribution >= 4 is 11.6 Å². The molecule has 0 aliphatic heterocycles. The number of aryl methyl sites for hydroxylation is 1. The van der Waals surface area contributed by atoms with Gasteiger partial charge in [-0.05, 0) is 44.4 Å². The van der Waals surface area contributed by atoms with Crippen molar-refractivity contribution in [1.29, 1.82) is 0 Å². The summed E-state index contributed by atoms with van der Waals surface area (Å²) >= 11 is 5.98. The average molecular weight is 215 g/mol. The lowest BCUT2D eigenvalue weighted by Crippen LogP contribution is -1.91. The van der Waals surface area contributed by atoms with E-state index in [4.69, 9.17) is 16.7 Å². The number of hydrogen-bond acceptors (Lipinski definition) is 1. The number of rotatable bonds is 1. The van der Waals surface area contributed by atoms with Crippen LogP contribution in [-0.2, 0) is 0 Å². The first-order valence-corrected chi connectivity index (χ1v) is 5.29. The quantitative estimate of drug-likeness (QED) is 0.709. The summed E-state index contributed by atoms with van der Waals surface area (Å²) in [5.41, 5.74) is 3.87. The maximum atomic E-state index is 7.57. The van der Waals surface area contributed by atoms with Gasteiger partial charge < -0.3 is 5.11 Å². The number of aliphatic hydroxyl groups excluding tert-OH is 1. The van der Waals surface area contributed by atoms with Gasteiger partial charge in [-0.2, -0.15) is 0 Å². The van der Waals surface area contributed by atoms with Gasteiger partial charge in [-0.15, -0.1) is 11.6 Å². The van der Waals surface area contributed by atoms with Gasteiger partial charge in [-0.1, -0.05) is 18.2 Å². The van der Waals surface area contributed by atoms with Gasteiger partial charge >= 0.3 is 0 Å². The molecule has 80 valence electrons. The van der Waals surface area contributed by atoms with Crippen LogP contribution in [0, 0.1) is 13.8 Å². The Morgan fingerprint density at radius 2 is 1.86 bits per heavy atom. The van der Waals surface area contributed by atoms with Gasteiger partial charge in [-0.25, -0.2) is 0 Å². The van der Waals surface area contributed by atoms with E-state index in [2.05, 4.69) is 32.0 Å². The minimum Gasteiger partial charge on any atom is -0.397 e. The smallest absolute Gasteiger partial charge is 0.0559 e. The molecule has 0 heterocycles. The van der Waals surface area contributed by atoms with Crippen molar-refractivity contribution < 1.29 is 5.11 Å². The number of halogens is 1. The highest BCUT2D eigenvalue weighted by molar-refractivity contribution is 6.20. The van der Waals surface area contributed by atoms with E-state index in [9.17, 15) is 0 Å². The van der Waals surface area contributed by atoms with Crippen molar-refractivity contribution in [1.82, 2.24) is 0 Å². The van der Waals surface area contributed by atoms with Crippen molar-refractivity contribution in [3.63, 3.8) is 0 Å². The molecule has 0 saturated carbocycles. The Bertz CT molecular complexity index is 269. The van der Waals surface area contributed by atoms with Crippen LogP contribution in [0.3, 0.4) is 0 Å². The molecule has 0 saturated heterocycles. The Kier molecular flexibility index (Phi) is 6.60. The predicted octanol–water partition coefficient (Wildman–Crippen LogP) is 3.60. The van der Waals surface area contributed by atoms with E-state index >= 15 is 0 Å². The van der Waals surface area contributed by atoms with Crippen LogP contribution in [0.4, 0.5) is 0 Å². The molecule has 0 spiro atoms. The monoisotopic (exact) mass is 214 g/mol. The van der Waals surface area contributed by atoms with Gasteiger partial charge in [0.2, 0.25) is 0 Å². The molecule has 0 bridgehead atoms. The topological polar surface area (TPSA) is 20.2 Å². The van der Waals surface area contributed by atoms with Gasteiger partial charge in [0.25, 0.3) is 0 Å². The molecule has 0 aromatic heterocycles. The third-order valence-corrected chi connectivity index (χ3v) is 2.31. The van der Waals surface area contributed by atoms with E-state index < -0.39 is 0 Å². The van der Waals surface area contributed by atoms with E-state index in [1.807, 2.05) is 6.92 Å². The highest BCUT2D eigenvalue weighted by Gasteiger charge is 2.04. The Morgan fingerprint density at radius 1 is 1.36 bits per heavy atom. The van der Waals surface area contributed by atoms with Gasteiger partial charge in [0.05, 0.1) is 5.38 Å². The summed E-state index contributed by atoms with van der Waals surface area (Å²) in [6.07, 6.45) is 0. The fraction of sp³-hybridized carbons (Fsp3) is 0.500. The van der Waals surface area contributed by atoms with E-state index in [0.29, 0.717) is 0 Å². The first-order chi connectivity index (χ1) is 6.54. The van der Waals surface area contributed by atoms with Crippen molar-refractivity contribution in [2.75, 3.05) is 6.61 Å². The third-order valence-electron chi connectivity index (χ3n) is 2.08. The van der Waals surface area contributed by atoms with Crippen LogP contribution in [-0.4, -0.2) is 11.7 Å². The zero-order chi connectivity index (χ0) is 11.1. The second-order valence-corrected chi connectivity index (χ2v) is 3.88. The molecule has 0 radical (unpaired) electrons. The van der Waals surface area contributed by atoms with Gasteiger partial charge in [0.15, 0.2) is 0 Å². The number of benzene rings is 1. The van der Waals surface area contributed by atoms with E-state index in [-0.39, 0.29) is 12.0 Å². The molecule has 0 amide bonds. The second kappa shape index (κ2) is 6.86. The molecule has 0 aliphatic rings. The Labute approximate surface area is 91.7 Å². The molecule has 0 fully saturated rings. The largest absolute Gasteiger partial charge is 0.397 e. The van der Waals surface area contributed by atoms with Gasteiger partial charge in [-0.3, -0.25) is 0 Å². The van der Waals surface area contributed by atoms with E-state index in [1.165, 1.54) is 16.7 Å². The van der Waals surface area contributed by atoms with Crippen LogP contribution in [0.15, 0.2) is 18.2 Å². The van der Waals surface area contributed by atoms with E-state index in [0.717, 1.165) is 0 Å². The molecule has 0 aliphatic carbocycles. The van der Waals surface area contributed by atoms with Crippen molar-refractivity contribution in [3.05, 3.63) is 34.9 Å². The minimum absolute atomic E-state index is 0.120. The van der Waals surface area contributed by atoms with Crippen molar-refractivity contribution in [2.24, 2.45) is 0 Å². The van der Waals surface area contributed by atoms with Gasteiger partial charge in [0, 0.05) is 6.61 Å². The number of alkyl halides is 1. The summed E-state index contributed by atoms with van der Waals surface area (Å²) in [6.45, 7) is 8.16. The highest BCUT2D eigenvalue weighted by atomic mass is 35.5.